The zero-order valence-electron chi connectivity index (χ0n) is 15.4. The number of benzene rings is 2. The SMILES string of the molecule is COC(=O)COc1c(Cl)cc(C=C2N=C(c3ccc(Cl)cc3)OC2=O)cc1OC. The highest BCUT2D eigenvalue weighted by Gasteiger charge is 2.24. The molecule has 0 spiro atoms. The first-order valence-electron chi connectivity index (χ1n) is 8.27. The fourth-order valence-corrected chi connectivity index (χ4v) is 2.84. The molecule has 0 unspecified atom stereocenters. The Kier molecular flexibility index (Phi) is 6.41. The van der Waals surface area contributed by atoms with Crippen LogP contribution in [0.25, 0.3) is 6.08 Å². The Hall–Kier alpha value is -3.03. The molecule has 0 atom stereocenters. The summed E-state index contributed by atoms with van der Waals surface area (Å²) in [5.74, 6) is -0.528. The Balaban J connectivity index is 1.89. The number of hydrogen-bond acceptors (Lipinski definition) is 7. The zero-order valence-corrected chi connectivity index (χ0v) is 16.9. The minimum atomic E-state index is -0.601. The summed E-state index contributed by atoms with van der Waals surface area (Å²) in [4.78, 5) is 27.7. The number of ether oxygens (including phenoxy) is 4. The monoisotopic (exact) mass is 435 g/mol. The number of carbonyl (C=O) groups excluding carboxylic acids is 2. The second-order valence-corrected chi connectivity index (χ2v) is 6.59. The van der Waals surface area contributed by atoms with Crippen molar-refractivity contribution in [3.63, 3.8) is 0 Å². The minimum absolute atomic E-state index is 0.0938. The fraction of sp³-hybridized carbons (Fsp3) is 0.150. The van der Waals surface area contributed by atoms with E-state index in [-0.39, 0.29) is 34.7 Å². The third-order valence-electron chi connectivity index (χ3n) is 3.83. The van der Waals surface area contributed by atoms with E-state index < -0.39 is 11.9 Å². The van der Waals surface area contributed by atoms with E-state index in [1.807, 2.05) is 0 Å². The standard InChI is InChI=1S/C20H15Cl2NO6/c1-26-16-9-11(7-14(22)18(16)28-10-17(24)27-2)8-15-20(25)29-19(23-15)12-3-5-13(21)6-4-12/h3-9H,10H2,1-2H3. The molecule has 1 aliphatic rings. The number of methoxy groups -OCH3 is 2. The van der Waals surface area contributed by atoms with Crippen LogP contribution in [-0.4, -0.2) is 38.7 Å². The minimum Gasteiger partial charge on any atom is -0.493 e. The summed E-state index contributed by atoms with van der Waals surface area (Å²) in [6.07, 6.45) is 1.50. The van der Waals surface area contributed by atoms with Gasteiger partial charge in [-0.1, -0.05) is 23.2 Å². The molecular weight excluding hydrogens is 421 g/mol. The zero-order chi connectivity index (χ0) is 21.0. The van der Waals surface area contributed by atoms with E-state index in [0.29, 0.717) is 16.1 Å². The molecule has 0 saturated carbocycles. The van der Waals surface area contributed by atoms with Crippen molar-refractivity contribution in [3.05, 3.63) is 63.3 Å². The average Bonchev–Trinajstić information content (AvgIpc) is 3.07. The third kappa shape index (κ3) is 4.88. The van der Waals surface area contributed by atoms with Gasteiger partial charge in [0, 0.05) is 10.6 Å². The van der Waals surface area contributed by atoms with Crippen molar-refractivity contribution in [1.29, 1.82) is 0 Å². The van der Waals surface area contributed by atoms with Crippen LogP contribution in [0, 0.1) is 0 Å². The van der Waals surface area contributed by atoms with Crippen molar-refractivity contribution in [1.82, 2.24) is 0 Å². The molecule has 3 rings (SSSR count). The van der Waals surface area contributed by atoms with E-state index in [4.69, 9.17) is 37.4 Å². The van der Waals surface area contributed by atoms with Crippen molar-refractivity contribution in [2.75, 3.05) is 20.8 Å². The van der Waals surface area contributed by atoms with Crippen molar-refractivity contribution < 1.29 is 28.5 Å². The van der Waals surface area contributed by atoms with Crippen molar-refractivity contribution in [3.8, 4) is 11.5 Å². The van der Waals surface area contributed by atoms with Gasteiger partial charge < -0.3 is 18.9 Å². The number of aliphatic imine (C=N–C) groups is 1. The summed E-state index contributed by atoms with van der Waals surface area (Å²) in [5, 5.41) is 0.749. The van der Waals surface area contributed by atoms with Gasteiger partial charge in [-0.3, -0.25) is 0 Å². The normalized spacial score (nSPS) is 14.4. The first-order valence-corrected chi connectivity index (χ1v) is 9.02. The Bertz CT molecular complexity index is 1010. The lowest BCUT2D eigenvalue weighted by Gasteiger charge is -2.12. The summed E-state index contributed by atoms with van der Waals surface area (Å²) in [6.45, 7) is -0.325. The van der Waals surface area contributed by atoms with Crippen LogP contribution in [0.5, 0.6) is 11.5 Å². The molecule has 0 bridgehead atoms. The van der Waals surface area contributed by atoms with Crippen LogP contribution in [0.2, 0.25) is 10.0 Å². The van der Waals surface area contributed by atoms with Gasteiger partial charge in [-0.2, -0.15) is 0 Å². The quantitative estimate of drug-likeness (QED) is 0.505. The van der Waals surface area contributed by atoms with Gasteiger partial charge in [0.25, 0.3) is 0 Å². The molecule has 0 radical (unpaired) electrons. The molecule has 0 amide bonds. The summed E-state index contributed by atoms with van der Waals surface area (Å²) < 4.78 is 20.4. The molecule has 7 nitrogen and oxygen atoms in total. The third-order valence-corrected chi connectivity index (χ3v) is 4.36. The van der Waals surface area contributed by atoms with Crippen molar-refractivity contribution >= 4 is 47.1 Å². The topological polar surface area (TPSA) is 83.4 Å². The molecule has 29 heavy (non-hydrogen) atoms. The van der Waals surface area contributed by atoms with Crippen molar-refractivity contribution in [2.45, 2.75) is 0 Å². The number of carbonyl (C=O) groups is 2. The molecule has 150 valence electrons. The van der Waals surface area contributed by atoms with E-state index in [9.17, 15) is 9.59 Å². The van der Waals surface area contributed by atoms with Gasteiger partial charge in [-0.25, -0.2) is 14.6 Å². The maximum Gasteiger partial charge on any atom is 0.363 e. The summed E-state index contributed by atoms with van der Waals surface area (Å²) in [6, 6.07) is 9.88. The van der Waals surface area contributed by atoms with E-state index in [0.717, 1.165) is 0 Å². The molecule has 0 fully saturated rings. The Morgan fingerprint density at radius 2 is 1.90 bits per heavy atom. The second-order valence-electron chi connectivity index (χ2n) is 5.74. The van der Waals surface area contributed by atoms with Crippen LogP contribution in [0.1, 0.15) is 11.1 Å². The van der Waals surface area contributed by atoms with Gasteiger partial charge in [0.05, 0.1) is 19.2 Å². The molecule has 2 aromatic rings. The Morgan fingerprint density at radius 1 is 1.17 bits per heavy atom. The van der Waals surface area contributed by atoms with Crippen LogP contribution in [0.4, 0.5) is 0 Å². The molecular formula is C20H15Cl2NO6. The largest absolute Gasteiger partial charge is 0.493 e. The average molecular weight is 436 g/mol. The van der Waals surface area contributed by atoms with E-state index in [2.05, 4.69) is 9.73 Å². The molecule has 1 aliphatic heterocycles. The molecule has 1 heterocycles. The summed E-state index contributed by atoms with van der Waals surface area (Å²) in [5.41, 5.74) is 1.25. The number of nitrogens with zero attached hydrogens (tertiary/aromatic N) is 1. The lowest BCUT2D eigenvalue weighted by atomic mass is 10.1. The maximum atomic E-state index is 12.2. The molecule has 0 N–H and O–H groups in total. The van der Waals surface area contributed by atoms with Gasteiger partial charge in [0.2, 0.25) is 5.90 Å². The summed E-state index contributed by atoms with van der Waals surface area (Å²) in [7, 11) is 2.67. The van der Waals surface area contributed by atoms with E-state index >= 15 is 0 Å². The lowest BCUT2D eigenvalue weighted by Crippen LogP contribution is -2.13. The van der Waals surface area contributed by atoms with Crippen LogP contribution in [-0.2, 0) is 19.1 Å². The van der Waals surface area contributed by atoms with Gasteiger partial charge >= 0.3 is 11.9 Å². The maximum absolute atomic E-state index is 12.2. The molecule has 2 aromatic carbocycles. The highest BCUT2D eigenvalue weighted by molar-refractivity contribution is 6.32. The van der Waals surface area contributed by atoms with Gasteiger partial charge in [0.1, 0.15) is 0 Å². The molecule has 9 heteroatoms. The van der Waals surface area contributed by atoms with Gasteiger partial charge in [-0.05, 0) is 48.0 Å². The number of halogens is 2. The second kappa shape index (κ2) is 8.98. The van der Waals surface area contributed by atoms with Crippen LogP contribution < -0.4 is 9.47 Å². The predicted molar refractivity (Wildman–Crippen MR) is 108 cm³/mol. The van der Waals surface area contributed by atoms with E-state index in [1.54, 1.807) is 36.4 Å². The Morgan fingerprint density at radius 3 is 2.55 bits per heavy atom. The Labute approximate surface area is 176 Å². The molecule has 0 saturated heterocycles. The van der Waals surface area contributed by atoms with Crippen LogP contribution >= 0.6 is 23.2 Å². The highest BCUT2D eigenvalue weighted by atomic mass is 35.5. The first kappa shape index (κ1) is 20.7. The number of cyclic esters (lactones) is 1. The number of rotatable bonds is 6. The van der Waals surface area contributed by atoms with Gasteiger partial charge in [-0.15, -0.1) is 0 Å². The van der Waals surface area contributed by atoms with E-state index in [1.165, 1.54) is 20.3 Å². The van der Waals surface area contributed by atoms with Crippen LogP contribution in [0.3, 0.4) is 0 Å². The van der Waals surface area contributed by atoms with Crippen LogP contribution in [0.15, 0.2) is 47.1 Å². The summed E-state index contributed by atoms with van der Waals surface area (Å²) >= 11 is 12.1. The van der Waals surface area contributed by atoms with Crippen molar-refractivity contribution in [2.24, 2.45) is 4.99 Å². The fourth-order valence-electron chi connectivity index (χ4n) is 2.44. The molecule has 0 aliphatic carbocycles. The smallest absolute Gasteiger partial charge is 0.363 e. The lowest BCUT2D eigenvalue weighted by molar-refractivity contribution is -0.143. The number of esters is 2. The predicted octanol–water partition coefficient (Wildman–Crippen LogP) is 3.90. The van der Waals surface area contributed by atoms with Gasteiger partial charge in [0.15, 0.2) is 23.8 Å². The molecule has 0 aromatic heterocycles. The number of hydrogen-bond donors (Lipinski definition) is 0. The highest BCUT2D eigenvalue weighted by Crippen LogP contribution is 2.37. The first-order chi connectivity index (χ1) is 13.9.